The molecule has 0 aliphatic rings. The number of nitrogens with zero attached hydrogens (tertiary/aromatic N) is 3. The van der Waals surface area contributed by atoms with Crippen LogP contribution >= 0.6 is 0 Å². The summed E-state index contributed by atoms with van der Waals surface area (Å²) in [4.78, 5) is 0. The van der Waals surface area contributed by atoms with Gasteiger partial charge in [0.1, 0.15) is 5.69 Å². The van der Waals surface area contributed by atoms with E-state index in [1.807, 2.05) is 36.9 Å². The summed E-state index contributed by atoms with van der Waals surface area (Å²) < 4.78 is 1.82. The molecule has 0 saturated carbocycles. The predicted octanol–water partition coefficient (Wildman–Crippen LogP) is 2.58. The largest absolute Gasteiger partial charge is 0.396 e. The molecule has 2 aromatic rings. The molecule has 0 bridgehead atoms. The highest BCUT2D eigenvalue weighted by Crippen LogP contribution is 2.25. The third kappa shape index (κ3) is 2.13. The Balaban J connectivity index is 2.49. The number of rotatable bonds is 2. The van der Waals surface area contributed by atoms with Gasteiger partial charge in [0.15, 0.2) is 0 Å². The van der Waals surface area contributed by atoms with Crippen molar-refractivity contribution in [2.24, 2.45) is 0 Å². The highest BCUT2D eigenvalue weighted by molar-refractivity contribution is 5.72. The second-order valence-corrected chi connectivity index (χ2v) is 4.20. The van der Waals surface area contributed by atoms with Crippen molar-refractivity contribution in [3.63, 3.8) is 0 Å². The Morgan fingerprint density at radius 2 is 2.18 bits per heavy atom. The number of aromatic nitrogens is 2. The van der Waals surface area contributed by atoms with Gasteiger partial charge in [-0.1, -0.05) is 12.1 Å². The van der Waals surface area contributed by atoms with Gasteiger partial charge in [0.05, 0.1) is 17.3 Å². The van der Waals surface area contributed by atoms with Crippen LogP contribution in [0.2, 0.25) is 0 Å². The van der Waals surface area contributed by atoms with Gasteiger partial charge in [-0.2, -0.15) is 10.4 Å². The number of hydrogen-bond acceptors (Lipinski definition) is 3. The van der Waals surface area contributed by atoms with Gasteiger partial charge in [-0.3, -0.25) is 4.68 Å². The number of nitriles is 1. The first-order valence-electron chi connectivity index (χ1n) is 5.47. The summed E-state index contributed by atoms with van der Waals surface area (Å²) in [5.41, 5.74) is 8.79. The van der Waals surface area contributed by atoms with Gasteiger partial charge in [-0.25, -0.2) is 0 Å². The fraction of sp³-hybridized carbons (Fsp3) is 0.231. The van der Waals surface area contributed by atoms with Gasteiger partial charge in [0, 0.05) is 17.8 Å². The van der Waals surface area contributed by atoms with E-state index in [1.165, 1.54) is 0 Å². The van der Waals surface area contributed by atoms with Gasteiger partial charge in [0.2, 0.25) is 0 Å². The molecule has 0 amide bonds. The summed E-state index contributed by atoms with van der Waals surface area (Å²) in [5.74, 6) is 0. The minimum Gasteiger partial charge on any atom is -0.396 e. The van der Waals surface area contributed by atoms with Crippen molar-refractivity contribution < 1.29 is 0 Å². The Hall–Kier alpha value is -2.28. The zero-order valence-electron chi connectivity index (χ0n) is 9.88. The predicted molar refractivity (Wildman–Crippen MR) is 67.2 cm³/mol. The number of nitrogen functional groups attached to an aromatic ring is 1. The number of anilines is 1. The molecule has 17 heavy (non-hydrogen) atoms. The number of hydrogen-bond donors (Lipinski definition) is 1. The lowest BCUT2D eigenvalue weighted by Crippen LogP contribution is -2.00. The van der Waals surface area contributed by atoms with E-state index in [9.17, 15) is 0 Å². The molecule has 0 fully saturated rings. The number of benzene rings is 1. The summed E-state index contributed by atoms with van der Waals surface area (Å²) in [5, 5.41) is 13.3. The van der Waals surface area contributed by atoms with Crippen molar-refractivity contribution in [3.8, 4) is 17.3 Å². The van der Waals surface area contributed by atoms with Crippen LogP contribution in [0.25, 0.3) is 11.3 Å². The smallest absolute Gasteiger partial charge is 0.115 e. The zero-order valence-corrected chi connectivity index (χ0v) is 9.88. The third-order valence-electron chi connectivity index (χ3n) is 2.55. The first-order chi connectivity index (χ1) is 8.11. The lowest BCUT2D eigenvalue weighted by molar-refractivity contribution is 0.534. The van der Waals surface area contributed by atoms with Crippen LogP contribution in [-0.4, -0.2) is 9.78 Å². The highest BCUT2D eigenvalue weighted by atomic mass is 15.3. The Morgan fingerprint density at radius 1 is 1.41 bits per heavy atom. The summed E-state index contributed by atoms with van der Waals surface area (Å²) in [6, 6.07) is 9.68. The van der Waals surface area contributed by atoms with Crippen LogP contribution in [0.5, 0.6) is 0 Å². The zero-order chi connectivity index (χ0) is 12.4. The van der Waals surface area contributed by atoms with E-state index >= 15 is 0 Å². The Morgan fingerprint density at radius 3 is 2.76 bits per heavy atom. The second-order valence-electron chi connectivity index (χ2n) is 4.20. The van der Waals surface area contributed by atoms with E-state index in [4.69, 9.17) is 11.0 Å². The molecule has 1 aromatic carbocycles. The summed E-state index contributed by atoms with van der Waals surface area (Å²) in [7, 11) is 0. The molecule has 4 heteroatoms. The van der Waals surface area contributed by atoms with Crippen LogP contribution in [-0.2, 0) is 0 Å². The van der Waals surface area contributed by atoms with Crippen LogP contribution in [0.15, 0.2) is 30.5 Å². The topological polar surface area (TPSA) is 67.6 Å². The maximum atomic E-state index is 8.86. The quantitative estimate of drug-likeness (QED) is 0.855. The van der Waals surface area contributed by atoms with Gasteiger partial charge in [0.25, 0.3) is 0 Å². The van der Waals surface area contributed by atoms with Crippen LogP contribution in [0.3, 0.4) is 0 Å². The molecule has 0 unspecified atom stereocenters. The van der Waals surface area contributed by atoms with Crippen molar-refractivity contribution >= 4 is 5.69 Å². The van der Waals surface area contributed by atoms with E-state index in [2.05, 4.69) is 11.2 Å². The molecule has 0 spiro atoms. The normalized spacial score (nSPS) is 10.5. The molecule has 1 aromatic heterocycles. The fourth-order valence-electron chi connectivity index (χ4n) is 1.63. The monoisotopic (exact) mass is 226 g/mol. The van der Waals surface area contributed by atoms with E-state index in [-0.39, 0.29) is 6.04 Å². The van der Waals surface area contributed by atoms with Crippen LogP contribution < -0.4 is 5.73 Å². The Labute approximate surface area is 100 Å². The van der Waals surface area contributed by atoms with E-state index in [0.29, 0.717) is 11.3 Å². The standard InChI is InChI=1S/C13H14N4/c1-9(2)17-8-12(15)13(16-17)11-5-3-4-10(6-11)7-14/h3-6,8-9H,15H2,1-2H3. The average Bonchev–Trinajstić information content (AvgIpc) is 2.72. The SMILES string of the molecule is CC(C)n1cc(N)c(-c2cccc(C#N)c2)n1. The molecule has 0 aliphatic heterocycles. The lowest BCUT2D eigenvalue weighted by Gasteiger charge is -2.03. The molecule has 86 valence electrons. The molecule has 0 saturated heterocycles. The van der Waals surface area contributed by atoms with Crippen molar-refractivity contribution in [1.29, 1.82) is 5.26 Å². The van der Waals surface area contributed by atoms with Gasteiger partial charge >= 0.3 is 0 Å². The van der Waals surface area contributed by atoms with Crippen LogP contribution in [0, 0.1) is 11.3 Å². The maximum Gasteiger partial charge on any atom is 0.115 e. The molecule has 2 N–H and O–H groups in total. The second kappa shape index (κ2) is 4.30. The molecule has 1 heterocycles. The Kier molecular flexibility index (Phi) is 2.84. The molecule has 0 radical (unpaired) electrons. The highest BCUT2D eigenvalue weighted by Gasteiger charge is 2.10. The average molecular weight is 226 g/mol. The molecule has 0 aliphatic carbocycles. The van der Waals surface area contributed by atoms with Crippen LogP contribution in [0.4, 0.5) is 5.69 Å². The van der Waals surface area contributed by atoms with E-state index in [1.54, 1.807) is 12.1 Å². The molecule has 4 nitrogen and oxygen atoms in total. The van der Waals surface area contributed by atoms with Gasteiger partial charge < -0.3 is 5.73 Å². The maximum absolute atomic E-state index is 8.86. The number of nitrogens with two attached hydrogens (primary N) is 1. The molecule has 2 rings (SSSR count). The van der Waals surface area contributed by atoms with Crippen molar-refractivity contribution in [2.45, 2.75) is 19.9 Å². The minimum atomic E-state index is 0.269. The summed E-state index contributed by atoms with van der Waals surface area (Å²) in [6.45, 7) is 4.09. The molecule has 0 atom stereocenters. The molecular formula is C13H14N4. The van der Waals surface area contributed by atoms with Crippen molar-refractivity contribution in [2.75, 3.05) is 5.73 Å². The van der Waals surface area contributed by atoms with E-state index < -0.39 is 0 Å². The minimum absolute atomic E-state index is 0.269. The summed E-state index contributed by atoms with van der Waals surface area (Å²) in [6.07, 6.45) is 1.82. The van der Waals surface area contributed by atoms with Gasteiger partial charge in [-0.05, 0) is 26.0 Å². The van der Waals surface area contributed by atoms with E-state index in [0.717, 1.165) is 11.3 Å². The summed E-state index contributed by atoms with van der Waals surface area (Å²) >= 11 is 0. The first kappa shape index (κ1) is 11.2. The fourth-order valence-corrected chi connectivity index (χ4v) is 1.63. The Bertz CT molecular complexity index is 575. The first-order valence-corrected chi connectivity index (χ1v) is 5.47. The van der Waals surface area contributed by atoms with Crippen molar-refractivity contribution in [3.05, 3.63) is 36.0 Å². The lowest BCUT2D eigenvalue weighted by atomic mass is 10.1. The third-order valence-corrected chi connectivity index (χ3v) is 2.55. The van der Waals surface area contributed by atoms with Crippen LogP contribution in [0.1, 0.15) is 25.5 Å². The molecular weight excluding hydrogens is 212 g/mol. The van der Waals surface area contributed by atoms with Crippen molar-refractivity contribution in [1.82, 2.24) is 9.78 Å². The van der Waals surface area contributed by atoms with Gasteiger partial charge in [-0.15, -0.1) is 0 Å².